The predicted octanol–water partition coefficient (Wildman–Crippen LogP) is 2.03. The summed E-state index contributed by atoms with van der Waals surface area (Å²) >= 11 is 0. The van der Waals surface area contributed by atoms with Gasteiger partial charge in [0.1, 0.15) is 5.75 Å². The van der Waals surface area contributed by atoms with Crippen molar-refractivity contribution >= 4 is 0 Å². The van der Waals surface area contributed by atoms with Gasteiger partial charge < -0.3 is 18.9 Å². The number of rotatable bonds is 2. The Morgan fingerprint density at radius 3 is 2.47 bits per heavy atom. The van der Waals surface area contributed by atoms with E-state index in [-0.39, 0.29) is 17.2 Å². The first-order valence-electron chi connectivity index (χ1n) is 4.07. The van der Waals surface area contributed by atoms with Crippen LogP contribution in [0.15, 0.2) is 12.1 Å². The molecule has 0 radical (unpaired) electrons. The number of hydrogen-bond donors (Lipinski definition) is 0. The highest BCUT2D eigenvalue weighted by Crippen LogP contribution is 2.49. The minimum Gasteiger partial charge on any atom is -0.496 e. The molecule has 1 aliphatic heterocycles. The van der Waals surface area contributed by atoms with E-state index in [0.717, 1.165) is 0 Å². The fraction of sp³-hybridized carbons (Fsp3) is 0.333. The number of ether oxygens (including phenoxy) is 4. The highest BCUT2D eigenvalue weighted by atomic mass is 19.3. The molecule has 0 aromatic heterocycles. The number of benzene rings is 1. The summed E-state index contributed by atoms with van der Waals surface area (Å²) in [4.78, 5) is 0. The average Bonchev–Trinajstić information content (AvgIpc) is 2.50. The molecule has 82 valence electrons. The number of fused-ring (bicyclic) bond motifs is 1. The van der Waals surface area contributed by atoms with Gasteiger partial charge in [0.2, 0.25) is 5.75 Å². The van der Waals surface area contributed by atoms with Crippen LogP contribution in [0.4, 0.5) is 8.78 Å². The Bertz CT molecular complexity index is 392. The summed E-state index contributed by atoms with van der Waals surface area (Å²) in [5.41, 5.74) is 0. The topological polar surface area (TPSA) is 36.9 Å². The molecule has 4 nitrogen and oxygen atoms in total. The highest BCUT2D eigenvalue weighted by Gasteiger charge is 2.45. The van der Waals surface area contributed by atoms with E-state index in [1.807, 2.05) is 0 Å². The molecule has 0 atom stereocenters. The second-order valence-corrected chi connectivity index (χ2v) is 2.82. The minimum atomic E-state index is -3.65. The van der Waals surface area contributed by atoms with Gasteiger partial charge in [-0.3, -0.25) is 0 Å². The van der Waals surface area contributed by atoms with Gasteiger partial charge in [0.05, 0.1) is 14.2 Å². The Kier molecular flexibility index (Phi) is 2.06. The van der Waals surface area contributed by atoms with Gasteiger partial charge in [-0.25, -0.2) is 0 Å². The molecule has 0 saturated heterocycles. The Morgan fingerprint density at radius 2 is 1.87 bits per heavy atom. The fourth-order valence-corrected chi connectivity index (χ4v) is 1.27. The molecule has 0 spiro atoms. The summed E-state index contributed by atoms with van der Waals surface area (Å²) in [7, 11) is 2.75. The molecule has 1 aromatic carbocycles. The molecule has 0 N–H and O–H groups in total. The molecule has 15 heavy (non-hydrogen) atoms. The molecule has 0 fully saturated rings. The van der Waals surface area contributed by atoms with Gasteiger partial charge in [-0.1, -0.05) is 0 Å². The van der Waals surface area contributed by atoms with Crippen molar-refractivity contribution in [1.29, 1.82) is 0 Å². The summed E-state index contributed by atoms with van der Waals surface area (Å²) in [6.07, 6.45) is -3.65. The van der Waals surface area contributed by atoms with Crippen molar-refractivity contribution in [2.24, 2.45) is 0 Å². The maximum absolute atomic E-state index is 12.7. The lowest BCUT2D eigenvalue weighted by Gasteiger charge is -2.06. The molecule has 6 heteroatoms. The van der Waals surface area contributed by atoms with E-state index in [1.165, 1.54) is 26.4 Å². The van der Waals surface area contributed by atoms with Gasteiger partial charge in [-0.05, 0) is 0 Å². The van der Waals surface area contributed by atoms with Crippen LogP contribution < -0.4 is 18.9 Å². The number of halogens is 2. The van der Waals surface area contributed by atoms with Crippen molar-refractivity contribution in [2.75, 3.05) is 14.2 Å². The van der Waals surface area contributed by atoms with Gasteiger partial charge in [-0.2, -0.15) is 0 Å². The lowest BCUT2D eigenvalue weighted by molar-refractivity contribution is -0.287. The van der Waals surface area contributed by atoms with Gasteiger partial charge in [-0.15, -0.1) is 8.78 Å². The quantitative estimate of drug-likeness (QED) is 0.761. The summed E-state index contributed by atoms with van der Waals surface area (Å²) in [5.74, 6) is 0.271. The van der Waals surface area contributed by atoms with Crippen LogP contribution in [0.25, 0.3) is 0 Å². The van der Waals surface area contributed by atoms with Gasteiger partial charge in [0.15, 0.2) is 11.5 Å². The van der Waals surface area contributed by atoms with Crippen LogP contribution in [0.2, 0.25) is 0 Å². The molecule has 0 amide bonds. The zero-order chi connectivity index (χ0) is 11.1. The lowest BCUT2D eigenvalue weighted by Crippen LogP contribution is -2.26. The largest absolute Gasteiger partial charge is 0.586 e. The molecule has 1 aliphatic rings. The molecule has 1 aromatic rings. The van der Waals surface area contributed by atoms with Crippen LogP contribution in [-0.2, 0) is 0 Å². The van der Waals surface area contributed by atoms with Crippen LogP contribution in [0.5, 0.6) is 23.0 Å². The standard InChI is InChI=1S/C9H8F2O4/c1-12-5-3-6(13-2)8-7(4-5)14-9(10,11)15-8/h3-4H,1-2H3. The maximum Gasteiger partial charge on any atom is 0.586 e. The number of alkyl halides is 2. The van der Waals surface area contributed by atoms with Crippen molar-refractivity contribution in [3.05, 3.63) is 12.1 Å². The van der Waals surface area contributed by atoms with Gasteiger partial charge in [0, 0.05) is 12.1 Å². The fourth-order valence-electron chi connectivity index (χ4n) is 1.27. The van der Waals surface area contributed by atoms with Crippen LogP contribution in [0.1, 0.15) is 0 Å². The molecule has 0 saturated carbocycles. The van der Waals surface area contributed by atoms with E-state index >= 15 is 0 Å². The second-order valence-electron chi connectivity index (χ2n) is 2.82. The lowest BCUT2D eigenvalue weighted by atomic mass is 10.3. The molecular formula is C9H8F2O4. The average molecular weight is 218 g/mol. The normalized spacial score (nSPS) is 16.3. The summed E-state index contributed by atoms with van der Waals surface area (Å²) < 4.78 is 43.8. The van der Waals surface area contributed by atoms with Gasteiger partial charge >= 0.3 is 6.29 Å². The van der Waals surface area contributed by atoms with E-state index in [1.54, 1.807) is 0 Å². The molecular weight excluding hydrogens is 210 g/mol. The number of hydrogen-bond acceptors (Lipinski definition) is 4. The van der Waals surface area contributed by atoms with Crippen LogP contribution in [0, 0.1) is 0 Å². The molecule has 0 bridgehead atoms. The third kappa shape index (κ3) is 1.62. The van der Waals surface area contributed by atoms with E-state index < -0.39 is 6.29 Å². The first-order valence-corrected chi connectivity index (χ1v) is 4.07. The molecule has 1 heterocycles. The summed E-state index contributed by atoms with van der Waals surface area (Å²) in [6.45, 7) is 0. The first kappa shape index (κ1) is 9.82. The van der Waals surface area contributed by atoms with Crippen molar-refractivity contribution in [3.8, 4) is 23.0 Å². The Labute approximate surface area is 84.3 Å². The maximum atomic E-state index is 12.7. The number of methoxy groups -OCH3 is 2. The monoisotopic (exact) mass is 218 g/mol. The summed E-state index contributed by atoms with van der Waals surface area (Å²) in [5, 5.41) is 0. The Hall–Kier alpha value is -1.72. The van der Waals surface area contributed by atoms with Crippen molar-refractivity contribution in [2.45, 2.75) is 6.29 Å². The molecule has 2 rings (SSSR count). The van der Waals surface area contributed by atoms with E-state index in [0.29, 0.717) is 5.75 Å². The molecule has 0 aliphatic carbocycles. The second kappa shape index (κ2) is 3.15. The first-order chi connectivity index (χ1) is 7.05. The van der Waals surface area contributed by atoms with Crippen molar-refractivity contribution in [1.82, 2.24) is 0 Å². The van der Waals surface area contributed by atoms with Crippen molar-refractivity contribution in [3.63, 3.8) is 0 Å². The van der Waals surface area contributed by atoms with Crippen LogP contribution in [0.3, 0.4) is 0 Å². The smallest absolute Gasteiger partial charge is 0.496 e. The predicted molar refractivity (Wildman–Crippen MR) is 45.7 cm³/mol. The zero-order valence-corrected chi connectivity index (χ0v) is 8.04. The Balaban J connectivity index is 2.48. The van der Waals surface area contributed by atoms with Crippen LogP contribution in [-0.4, -0.2) is 20.5 Å². The third-order valence-electron chi connectivity index (χ3n) is 1.90. The zero-order valence-electron chi connectivity index (χ0n) is 8.04. The van der Waals surface area contributed by atoms with Gasteiger partial charge in [0.25, 0.3) is 0 Å². The highest BCUT2D eigenvalue weighted by molar-refractivity contribution is 5.57. The van der Waals surface area contributed by atoms with E-state index in [4.69, 9.17) is 9.47 Å². The minimum absolute atomic E-state index is 0.101. The van der Waals surface area contributed by atoms with Crippen LogP contribution >= 0.6 is 0 Å². The van der Waals surface area contributed by atoms with E-state index in [9.17, 15) is 8.78 Å². The Morgan fingerprint density at radius 1 is 1.13 bits per heavy atom. The third-order valence-corrected chi connectivity index (χ3v) is 1.90. The summed E-state index contributed by atoms with van der Waals surface area (Å²) in [6, 6.07) is 2.74. The van der Waals surface area contributed by atoms with E-state index in [2.05, 4.69) is 9.47 Å². The van der Waals surface area contributed by atoms with Crippen molar-refractivity contribution < 1.29 is 27.7 Å². The SMILES string of the molecule is COc1cc(OC)c2c(c1)OC(F)(F)O2. The molecule has 0 unspecified atom stereocenters.